The maximum Gasteiger partial charge on any atom is 0.306 e. The van der Waals surface area contributed by atoms with E-state index in [-0.39, 0.29) is 31.1 Å². The second-order valence-corrected chi connectivity index (χ2v) is 22.0. The Hall–Kier alpha value is -3.41. The number of rotatable bonds is 60. The molecule has 0 aromatic rings. The molecule has 0 radical (unpaired) electrons. The van der Waals surface area contributed by atoms with Crippen molar-refractivity contribution in [3.63, 3.8) is 0 Å². The van der Waals surface area contributed by atoms with Gasteiger partial charge in [-0.3, -0.25) is 14.4 Å². The molecule has 0 aliphatic carbocycles. The van der Waals surface area contributed by atoms with Crippen molar-refractivity contribution in [3.05, 3.63) is 85.1 Å². The van der Waals surface area contributed by atoms with E-state index in [4.69, 9.17) is 14.2 Å². The van der Waals surface area contributed by atoms with Gasteiger partial charge in [0.25, 0.3) is 0 Å². The van der Waals surface area contributed by atoms with Crippen LogP contribution in [0.5, 0.6) is 0 Å². The molecule has 0 spiro atoms. The molecule has 6 nitrogen and oxygen atoms in total. The van der Waals surface area contributed by atoms with Crippen molar-refractivity contribution in [2.45, 2.75) is 335 Å². The molecule has 6 heteroatoms. The fraction of sp³-hybridized carbons (Fsp3) is 0.761. The van der Waals surface area contributed by atoms with Gasteiger partial charge >= 0.3 is 17.9 Å². The molecule has 0 aromatic heterocycles. The Bertz CT molecular complexity index is 1470. The van der Waals surface area contributed by atoms with Crippen LogP contribution in [-0.4, -0.2) is 37.2 Å². The summed E-state index contributed by atoms with van der Waals surface area (Å²) in [7, 11) is 0. The number of esters is 3. The highest BCUT2D eigenvalue weighted by molar-refractivity contribution is 5.71. The first kappa shape index (κ1) is 73.6. The first-order valence-electron chi connectivity index (χ1n) is 33.1. The number of carbonyl (C=O) groups is 3. The van der Waals surface area contributed by atoms with Gasteiger partial charge in [-0.05, 0) is 89.9 Å². The number of allylic oxidation sites excluding steroid dienone is 14. The lowest BCUT2D eigenvalue weighted by Gasteiger charge is -2.18. The van der Waals surface area contributed by atoms with Gasteiger partial charge in [0.2, 0.25) is 0 Å². The molecule has 0 amide bonds. The summed E-state index contributed by atoms with van der Waals surface area (Å²) in [5.74, 6) is -0.869. The standard InChI is InChI=1S/C71H124O6/c1-4-7-10-13-16-19-22-24-25-26-27-28-29-30-31-32-33-34-35-36-37-38-39-40-41-42-43-44-45-47-49-52-55-58-61-64-70(73)76-67-68(66-75-69(72)63-60-57-54-51-48-21-18-15-12-9-6-3)77-71(74)65-62-59-56-53-50-46-23-20-17-14-11-8-5-2/h7,10,15-16,18-19,24-25,27-28,30-31,33-34,68H,4-6,8-9,11-14,17,20-23,26,29,32,35-67H2,1-3H3/b10-7-,18-15-,19-16-,25-24-,28-27-,31-30-,34-33-. The van der Waals surface area contributed by atoms with Crippen LogP contribution in [0.1, 0.15) is 329 Å². The highest BCUT2D eigenvalue weighted by Crippen LogP contribution is 2.17. The lowest BCUT2D eigenvalue weighted by atomic mass is 10.0. The molecule has 0 aromatic carbocycles. The van der Waals surface area contributed by atoms with Gasteiger partial charge in [-0.25, -0.2) is 0 Å². The number of carbonyl (C=O) groups excluding carboxylic acids is 3. The molecule has 1 atom stereocenters. The van der Waals surface area contributed by atoms with Gasteiger partial charge in [-0.1, -0.05) is 305 Å². The average Bonchev–Trinajstić information content (AvgIpc) is 3.43. The monoisotopic (exact) mass is 1070 g/mol. The van der Waals surface area contributed by atoms with Gasteiger partial charge in [0, 0.05) is 19.3 Å². The van der Waals surface area contributed by atoms with Crippen LogP contribution in [0.3, 0.4) is 0 Å². The van der Waals surface area contributed by atoms with E-state index in [1.54, 1.807) is 0 Å². The zero-order valence-electron chi connectivity index (χ0n) is 51.0. The summed E-state index contributed by atoms with van der Waals surface area (Å²) in [6.07, 6.45) is 86.1. The van der Waals surface area contributed by atoms with E-state index >= 15 is 0 Å². The third-order valence-electron chi connectivity index (χ3n) is 14.4. The lowest BCUT2D eigenvalue weighted by Crippen LogP contribution is -2.30. The Morgan fingerprint density at radius 2 is 0.519 bits per heavy atom. The van der Waals surface area contributed by atoms with Crippen molar-refractivity contribution in [2.24, 2.45) is 0 Å². The topological polar surface area (TPSA) is 78.9 Å². The van der Waals surface area contributed by atoms with Crippen LogP contribution in [0, 0.1) is 0 Å². The number of hydrogen-bond acceptors (Lipinski definition) is 6. The highest BCUT2D eigenvalue weighted by Gasteiger charge is 2.19. The third kappa shape index (κ3) is 63.3. The van der Waals surface area contributed by atoms with E-state index in [1.807, 2.05) is 0 Å². The summed E-state index contributed by atoms with van der Waals surface area (Å²) in [6.45, 7) is 6.51. The molecular weight excluding hydrogens is 949 g/mol. The van der Waals surface area contributed by atoms with Crippen molar-refractivity contribution >= 4 is 17.9 Å². The predicted octanol–water partition coefficient (Wildman–Crippen LogP) is 22.7. The normalized spacial score (nSPS) is 12.6. The van der Waals surface area contributed by atoms with Crippen molar-refractivity contribution in [1.82, 2.24) is 0 Å². The fourth-order valence-electron chi connectivity index (χ4n) is 9.43. The van der Waals surface area contributed by atoms with E-state index in [1.165, 1.54) is 186 Å². The van der Waals surface area contributed by atoms with Gasteiger partial charge in [0.05, 0.1) is 0 Å². The van der Waals surface area contributed by atoms with E-state index in [2.05, 4.69) is 106 Å². The van der Waals surface area contributed by atoms with Gasteiger partial charge in [-0.2, -0.15) is 0 Å². The Balaban J connectivity index is 4.06. The van der Waals surface area contributed by atoms with Gasteiger partial charge < -0.3 is 14.2 Å². The maximum atomic E-state index is 12.8. The predicted molar refractivity (Wildman–Crippen MR) is 334 cm³/mol. The Labute approximate surface area is 477 Å². The molecular formula is C71H124O6. The summed E-state index contributed by atoms with van der Waals surface area (Å²) in [5.41, 5.74) is 0. The first-order valence-corrected chi connectivity index (χ1v) is 33.1. The molecule has 0 rings (SSSR count). The van der Waals surface area contributed by atoms with Gasteiger partial charge in [0.15, 0.2) is 6.10 Å². The smallest absolute Gasteiger partial charge is 0.306 e. The van der Waals surface area contributed by atoms with E-state index in [0.29, 0.717) is 19.3 Å². The summed E-state index contributed by atoms with van der Waals surface area (Å²) in [5, 5.41) is 0. The van der Waals surface area contributed by atoms with Crippen molar-refractivity contribution in [3.8, 4) is 0 Å². The second kappa shape index (κ2) is 65.1. The summed E-state index contributed by atoms with van der Waals surface area (Å²) in [4.78, 5) is 38.2. The van der Waals surface area contributed by atoms with Crippen molar-refractivity contribution in [1.29, 1.82) is 0 Å². The minimum atomic E-state index is -0.775. The molecule has 0 aliphatic heterocycles. The quantitative estimate of drug-likeness (QED) is 0.0261. The zero-order chi connectivity index (χ0) is 55.7. The molecule has 77 heavy (non-hydrogen) atoms. The summed E-state index contributed by atoms with van der Waals surface area (Å²) < 4.78 is 16.9. The molecule has 0 aliphatic rings. The average molecular weight is 1070 g/mol. The molecule has 0 bridgehead atoms. The molecule has 0 saturated heterocycles. The molecule has 0 fully saturated rings. The fourth-order valence-corrected chi connectivity index (χ4v) is 9.43. The van der Waals surface area contributed by atoms with Crippen LogP contribution >= 0.6 is 0 Å². The van der Waals surface area contributed by atoms with Crippen LogP contribution in [0.15, 0.2) is 85.1 Å². The number of ether oxygens (including phenoxy) is 3. The van der Waals surface area contributed by atoms with Gasteiger partial charge in [-0.15, -0.1) is 0 Å². The molecule has 0 heterocycles. The van der Waals surface area contributed by atoms with E-state index < -0.39 is 6.10 Å². The SMILES string of the molecule is CC/C=C\C/C=C\C/C=C\C/C=C\C/C=C\C/C=C\CCCCCCCCCCCCCCCCCCC(=O)OCC(COC(=O)CCCCCCC/C=C\CCCC)OC(=O)CCCCCCCCCCCCCCC. The zero-order valence-corrected chi connectivity index (χ0v) is 51.0. The van der Waals surface area contributed by atoms with Crippen LogP contribution in [0.4, 0.5) is 0 Å². The first-order chi connectivity index (χ1) is 38.0. The number of unbranched alkanes of at least 4 members (excludes halogenated alkanes) is 35. The molecule has 0 N–H and O–H groups in total. The molecule has 1 unspecified atom stereocenters. The Morgan fingerprint density at radius 1 is 0.273 bits per heavy atom. The van der Waals surface area contributed by atoms with Crippen LogP contribution in [-0.2, 0) is 28.6 Å². The molecule has 444 valence electrons. The minimum Gasteiger partial charge on any atom is -0.462 e. The summed E-state index contributed by atoms with van der Waals surface area (Å²) >= 11 is 0. The third-order valence-corrected chi connectivity index (χ3v) is 14.4. The maximum absolute atomic E-state index is 12.8. The van der Waals surface area contributed by atoms with E-state index in [9.17, 15) is 14.4 Å². The lowest BCUT2D eigenvalue weighted by molar-refractivity contribution is -0.167. The Morgan fingerprint density at radius 3 is 0.844 bits per heavy atom. The van der Waals surface area contributed by atoms with Crippen LogP contribution in [0.25, 0.3) is 0 Å². The largest absolute Gasteiger partial charge is 0.462 e. The Kier molecular flexibility index (Phi) is 62.2. The highest BCUT2D eigenvalue weighted by atomic mass is 16.6. The minimum absolute atomic E-state index is 0.0737. The van der Waals surface area contributed by atoms with Crippen molar-refractivity contribution < 1.29 is 28.6 Å². The van der Waals surface area contributed by atoms with Crippen molar-refractivity contribution in [2.75, 3.05) is 13.2 Å². The van der Waals surface area contributed by atoms with E-state index in [0.717, 1.165) is 103 Å². The van der Waals surface area contributed by atoms with Crippen LogP contribution < -0.4 is 0 Å². The van der Waals surface area contributed by atoms with Crippen LogP contribution in [0.2, 0.25) is 0 Å². The van der Waals surface area contributed by atoms with Gasteiger partial charge in [0.1, 0.15) is 13.2 Å². The number of hydrogen-bond donors (Lipinski definition) is 0. The summed E-state index contributed by atoms with van der Waals surface area (Å²) in [6, 6.07) is 0. The second-order valence-electron chi connectivity index (χ2n) is 22.0. The molecule has 0 saturated carbocycles.